The van der Waals surface area contributed by atoms with Gasteiger partial charge in [0.2, 0.25) is 5.78 Å². The van der Waals surface area contributed by atoms with Gasteiger partial charge >= 0.3 is 0 Å². The molecule has 1 aliphatic heterocycles. The Bertz CT molecular complexity index is 604. The van der Waals surface area contributed by atoms with E-state index in [1.807, 2.05) is 0 Å². The van der Waals surface area contributed by atoms with Crippen LogP contribution in [0.2, 0.25) is 5.02 Å². The molecule has 2 heterocycles. The lowest BCUT2D eigenvalue weighted by molar-refractivity contribution is 0.101. The quantitative estimate of drug-likeness (QED) is 0.791. The van der Waals surface area contributed by atoms with Crippen LogP contribution in [0.15, 0.2) is 34.9 Å². The number of hydrogen-bond donors (Lipinski definition) is 0. The van der Waals surface area contributed by atoms with E-state index in [0.29, 0.717) is 35.3 Å². The maximum absolute atomic E-state index is 12.2. The van der Waals surface area contributed by atoms with Gasteiger partial charge in [0, 0.05) is 18.1 Å². The topological polar surface area (TPSA) is 48.7 Å². The summed E-state index contributed by atoms with van der Waals surface area (Å²) < 4.78 is 16.1. The van der Waals surface area contributed by atoms with Gasteiger partial charge in [-0.3, -0.25) is 4.79 Å². The van der Waals surface area contributed by atoms with E-state index in [2.05, 4.69) is 0 Å². The number of rotatable bonds is 2. The Morgan fingerprint density at radius 3 is 2.58 bits per heavy atom. The standard InChI is InChI=1S/C14H11ClO4/c15-10-8-13-12(18-5-2-6-19-13)7-9(10)14(16)11-3-1-4-17-11/h1,3-4,7-8H,2,5-6H2. The summed E-state index contributed by atoms with van der Waals surface area (Å²) >= 11 is 6.13. The first-order valence-electron chi connectivity index (χ1n) is 5.93. The highest BCUT2D eigenvalue weighted by molar-refractivity contribution is 6.35. The van der Waals surface area contributed by atoms with E-state index in [-0.39, 0.29) is 11.5 Å². The van der Waals surface area contributed by atoms with Gasteiger partial charge < -0.3 is 13.9 Å². The number of benzene rings is 1. The molecule has 5 heteroatoms. The number of ether oxygens (including phenoxy) is 2. The van der Waals surface area contributed by atoms with Gasteiger partial charge in [-0.15, -0.1) is 0 Å². The number of hydrogen-bond acceptors (Lipinski definition) is 4. The van der Waals surface area contributed by atoms with Gasteiger partial charge in [0.15, 0.2) is 17.3 Å². The minimum Gasteiger partial charge on any atom is -0.490 e. The summed E-state index contributed by atoms with van der Waals surface area (Å²) in [5.74, 6) is 1.08. The summed E-state index contributed by atoms with van der Waals surface area (Å²) in [4.78, 5) is 12.2. The van der Waals surface area contributed by atoms with Crippen LogP contribution in [0.1, 0.15) is 22.5 Å². The molecular formula is C14H11ClO4. The van der Waals surface area contributed by atoms with Crippen molar-refractivity contribution in [3.63, 3.8) is 0 Å². The molecule has 0 N–H and O–H groups in total. The van der Waals surface area contributed by atoms with Crippen LogP contribution in [0, 0.1) is 0 Å². The second-order valence-electron chi connectivity index (χ2n) is 4.14. The summed E-state index contributed by atoms with van der Waals surface area (Å²) in [6, 6.07) is 6.47. The van der Waals surface area contributed by atoms with Gasteiger partial charge in [0.05, 0.1) is 24.5 Å². The lowest BCUT2D eigenvalue weighted by atomic mass is 10.1. The summed E-state index contributed by atoms with van der Waals surface area (Å²) in [5, 5.41) is 0.325. The highest BCUT2D eigenvalue weighted by Crippen LogP contribution is 2.35. The summed E-state index contributed by atoms with van der Waals surface area (Å²) in [6.07, 6.45) is 2.25. The molecule has 0 saturated heterocycles. The van der Waals surface area contributed by atoms with E-state index in [9.17, 15) is 4.79 Å². The van der Waals surface area contributed by atoms with Crippen LogP contribution in [-0.4, -0.2) is 19.0 Å². The molecule has 0 atom stereocenters. The summed E-state index contributed by atoms with van der Waals surface area (Å²) in [6.45, 7) is 1.14. The third kappa shape index (κ3) is 2.31. The molecule has 98 valence electrons. The third-order valence-electron chi connectivity index (χ3n) is 2.83. The Kier molecular flexibility index (Phi) is 3.17. The molecule has 0 saturated carbocycles. The van der Waals surface area contributed by atoms with Crippen LogP contribution in [0.25, 0.3) is 0 Å². The molecule has 19 heavy (non-hydrogen) atoms. The molecule has 1 aromatic carbocycles. The summed E-state index contributed by atoms with van der Waals surface area (Å²) in [7, 11) is 0. The maximum atomic E-state index is 12.2. The SMILES string of the molecule is O=C(c1ccco1)c1cc2c(cc1Cl)OCCCO2. The van der Waals surface area contributed by atoms with Crippen molar-refractivity contribution >= 4 is 17.4 Å². The Hall–Kier alpha value is -1.94. The zero-order valence-corrected chi connectivity index (χ0v) is 10.8. The first-order chi connectivity index (χ1) is 9.25. The fraction of sp³-hybridized carbons (Fsp3) is 0.214. The van der Waals surface area contributed by atoms with E-state index < -0.39 is 0 Å². The normalized spacial score (nSPS) is 13.9. The van der Waals surface area contributed by atoms with Gasteiger partial charge in [0.1, 0.15) is 0 Å². The van der Waals surface area contributed by atoms with Crippen LogP contribution in [0.4, 0.5) is 0 Å². The molecule has 1 aromatic heterocycles. The Morgan fingerprint density at radius 1 is 1.16 bits per heavy atom. The number of ketones is 1. The van der Waals surface area contributed by atoms with E-state index in [0.717, 1.165) is 6.42 Å². The van der Waals surface area contributed by atoms with Crippen molar-refractivity contribution in [1.29, 1.82) is 0 Å². The Labute approximate surface area is 114 Å². The second-order valence-corrected chi connectivity index (χ2v) is 4.54. The molecule has 0 aliphatic carbocycles. The lowest BCUT2D eigenvalue weighted by Gasteiger charge is -2.10. The van der Waals surface area contributed by atoms with Crippen LogP contribution in [0.5, 0.6) is 11.5 Å². The van der Waals surface area contributed by atoms with Crippen molar-refractivity contribution in [3.05, 3.63) is 46.9 Å². The van der Waals surface area contributed by atoms with Gasteiger partial charge in [-0.1, -0.05) is 11.6 Å². The molecular weight excluding hydrogens is 268 g/mol. The van der Waals surface area contributed by atoms with E-state index >= 15 is 0 Å². The van der Waals surface area contributed by atoms with Crippen molar-refractivity contribution in [2.75, 3.05) is 13.2 Å². The van der Waals surface area contributed by atoms with Gasteiger partial charge in [-0.25, -0.2) is 0 Å². The minimum absolute atomic E-state index is 0.247. The highest BCUT2D eigenvalue weighted by Gasteiger charge is 2.20. The van der Waals surface area contributed by atoms with Gasteiger partial charge in [0.25, 0.3) is 0 Å². The van der Waals surface area contributed by atoms with Gasteiger partial charge in [-0.05, 0) is 18.2 Å². The number of carbonyl (C=O) groups is 1. The minimum atomic E-state index is -0.273. The zero-order chi connectivity index (χ0) is 13.2. The Morgan fingerprint density at radius 2 is 1.89 bits per heavy atom. The van der Waals surface area contributed by atoms with Crippen LogP contribution in [0.3, 0.4) is 0 Å². The van der Waals surface area contributed by atoms with Crippen LogP contribution < -0.4 is 9.47 Å². The predicted octanol–water partition coefficient (Wildman–Crippen LogP) is 3.33. The second kappa shape index (κ2) is 4.97. The molecule has 1 aliphatic rings. The Balaban J connectivity index is 2.02. The van der Waals surface area contributed by atoms with Crippen molar-refractivity contribution < 1.29 is 18.7 Å². The first-order valence-corrected chi connectivity index (χ1v) is 6.31. The number of furan rings is 1. The van der Waals surface area contributed by atoms with Crippen molar-refractivity contribution in [2.45, 2.75) is 6.42 Å². The van der Waals surface area contributed by atoms with Crippen LogP contribution in [-0.2, 0) is 0 Å². The molecule has 0 radical (unpaired) electrons. The van der Waals surface area contributed by atoms with E-state index in [1.54, 1.807) is 24.3 Å². The number of halogens is 1. The molecule has 2 aromatic rings. The molecule has 0 bridgehead atoms. The average molecular weight is 279 g/mol. The average Bonchev–Trinajstić information content (AvgIpc) is 2.84. The fourth-order valence-electron chi connectivity index (χ4n) is 1.90. The molecule has 0 amide bonds. The molecule has 3 rings (SSSR count). The fourth-order valence-corrected chi connectivity index (χ4v) is 2.14. The van der Waals surface area contributed by atoms with Crippen LogP contribution >= 0.6 is 11.6 Å². The highest BCUT2D eigenvalue weighted by atomic mass is 35.5. The van der Waals surface area contributed by atoms with Crippen molar-refractivity contribution in [3.8, 4) is 11.5 Å². The maximum Gasteiger partial charge on any atom is 0.229 e. The number of carbonyl (C=O) groups excluding carboxylic acids is 1. The number of fused-ring (bicyclic) bond motifs is 1. The first kappa shape index (κ1) is 12.1. The molecule has 0 spiro atoms. The third-order valence-corrected chi connectivity index (χ3v) is 3.14. The molecule has 0 unspecified atom stereocenters. The van der Waals surface area contributed by atoms with Crippen molar-refractivity contribution in [1.82, 2.24) is 0 Å². The van der Waals surface area contributed by atoms with E-state index in [1.165, 1.54) is 6.26 Å². The van der Waals surface area contributed by atoms with Gasteiger partial charge in [-0.2, -0.15) is 0 Å². The molecule has 4 nitrogen and oxygen atoms in total. The molecule has 0 fully saturated rings. The zero-order valence-electron chi connectivity index (χ0n) is 10.0. The predicted molar refractivity (Wildman–Crippen MR) is 69.2 cm³/mol. The largest absolute Gasteiger partial charge is 0.490 e. The van der Waals surface area contributed by atoms with Crippen molar-refractivity contribution in [2.24, 2.45) is 0 Å². The van der Waals surface area contributed by atoms with E-state index in [4.69, 9.17) is 25.5 Å². The smallest absolute Gasteiger partial charge is 0.229 e. The lowest BCUT2D eigenvalue weighted by Crippen LogP contribution is -2.02. The summed E-state index contributed by atoms with van der Waals surface area (Å²) in [5.41, 5.74) is 0.348. The monoisotopic (exact) mass is 278 g/mol.